The predicted octanol–water partition coefficient (Wildman–Crippen LogP) is 3.44. The van der Waals surface area contributed by atoms with Crippen LogP contribution >= 0.6 is 11.6 Å². The van der Waals surface area contributed by atoms with E-state index in [0.717, 1.165) is 11.4 Å². The smallest absolute Gasteiger partial charge is 0.337 e. The second-order valence-corrected chi connectivity index (χ2v) is 7.84. The molecule has 2 heterocycles. The lowest BCUT2D eigenvalue weighted by Crippen LogP contribution is -2.28. The van der Waals surface area contributed by atoms with Crippen LogP contribution in [0.5, 0.6) is 0 Å². The zero-order valence-electron chi connectivity index (χ0n) is 15.0. The molecule has 1 aromatic carbocycles. The lowest BCUT2D eigenvalue weighted by Gasteiger charge is -2.13. The first-order valence-electron chi connectivity index (χ1n) is 9.17. The molecule has 0 unspecified atom stereocenters. The number of fused-ring (bicyclic) bond motifs is 5. The molecule has 2 aliphatic carbocycles. The highest BCUT2D eigenvalue weighted by atomic mass is 35.5. The number of rotatable bonds is 4. The van der Waals surface area contributed by atoms with E-state index >= 15 is 0 Å². The number of hydrogen-bond donors (Lipinski definition) is 1. The summed E-state index contributed by atoms with van der Waals surface area (Å²) < 4.78 is 5.69. The van der Waals surface area contributed by atoms with Crippen LogP contribution in [0.2, 0.25) is 5.02 Å². The third-order valence-corrected chi connectivity index (χ3v) is 6.17. The van der Waals surface area contributed by atoms with Crippen LogP contribution in [0.1, 0.15) is 22.5 Å². The van der Waals surface area contributed by atoms with E-state index in [9.17, 15) is 14.4 Å². The molecule has 1 aliphatic heterocycles. The fraction of sp³-hybridized carbons (Fsp3) is 0.238. The summed E-state index contributed by atoms with van der Waals surface area (Å²) in [5.74, 6) is -1.12. The Morgan fingerprint density at radius 1 is 1.14 bits per heavy atom. The molecule has 1 N–H and O–H groups in total. The van der Waals surface area contributed by atoms with Gasteiger partial charge in [-0.05, 0) is 42.5 Å². The molecule has 146 valence electrons. The number of benzene rings is 1. The SMILES string of the molecule is O=C(O)c1ccc(-c2ccc(/C=N\N3C(=O)[C@@H]4[C@H](C3=O)[C@H]3C=C[C@H]4C3)o2)cc1Cl. The van der Waals surface area contributed by atoms with Crippen molar-refractivity contribution in [1.82, 2.24) is 5.01 Å². The number of hydrogen-bond acceptors (Lipinski definition) is 5. The normalized spacial score (nSPS) is 27.4. The molecule has 1 saturated carbocycles. The van der Waals surface area contributed by atoms with Crippen molar-refractivity contribution in [3.63, 3.8) is 0 Å². The van der Waals surface area contributed by atoms with Gasteiger partial charge in [0.25, 0.3) is 11.8 Å². The third kappa shape index (κ3) is 2.73. The van der Waals surface area contributed by atoms with Crippen LogP contribution in [0.4, 0.5) is 0 Å². The van der Waals surface area contributed by atoms with Gasteiger partial charge in [-0.25, -0.2) is 4.79 Å². The maximum atomic E-state index is 12.6. The maximum absolute atomic E-state index is 12.6. The summed E-state index contributed by atoms with van der Waals surface area (Å²) in [6.45, 7) is 0. The van der Waals surface area contributed by atoms with Crippen LogP contribution in [0.15, 0.2) is 52.0 Å². The number of carbonyl (C=O) groups excluding carboxylic acids is 2. The van der Waals surface area contributed by atoms with Gasteiger partial charge in [0.05, 0.1) is 28.6 Å². The summed E-state index contributed by atoms with van der Waals surface area (Å²) in [7, 11) is 0. The van der Waals surface area contributed by atoms with Gasteiger partial charge in [-0.15, -0.1) is 0 Å². The van der Waals surface area contributed by atoms with Gasteiger partial charge in [-0.3, -0.25) is 9.59 Å². The minimum absolute atomic E-state index is 0.00354. The molecule has 2 bridgehead atoms. The molecule has 1 aromatic heterocycles. The fourth-order valence-electron chi connectivity index (χ4n) is 4.53. The van der Waals surface area contributed by atoms with Crippen molar-refractivity contribution in [2.75, 3.05) is 0 Å². The first-order valence-corrected chi connectivity index (χ1v) is 9.55. The minimum Gasteiger partial charge on any atom is -0.478 e. The fourth-order valence-corrected chi connectivity index (χ4v) is 4.80. The van der Waals surface area contributed by atoms with E-state index in [0.29, 0.717) is 17.1 Å². The average molecular weight is 411 g/mol. The van der Waals surface area contributed by atoms with E-state index in [1.807, 2.05) is 12.2 Å². The summed E-state index contributed by atoms with van der Waals surface area (Å²) in [5, 5.41) is 14.2. The van der Waals surface area contributed by atoms with Crippen molar-refractivity contribution in [3.05, 3.63) is 58.8 Å². The maximum Gasteiger partial charge on any atom is 0.337 e. The number of nitrogens with zero attached hydrogens (tertiary/aromatic N) is 2. The molecule has 7 nitrogen and oxygen atoms in total. The molecule has 3 aliphatic rings. The van der Waals surface area contributed by atoms with E-state index in [1.54, 1.807) is 18.2 Å². The van der Waals surface area contributed by atoms with Crippen molar-refractivity contribution in [1.29, 1.82) is 0 Å². The summed E-state index contributed by atoms with van der Waals surface area (Å²) in [5.41, 5.74) is 0.606. The molecule has 5 rings (SSSR count). The van der Waals surface area contributed by atoms with Crippen LogP contribution in [-0.4, -0.2) is 34.1 Å². The summed E-state index contributed by atoms with van der Waals surface area (Å²) in [6, 6.07) is 7.82. The Balaban J connectivity index is 1.35. The highest BCUT2D eigenvalue weighted by molar-refractivity contribution is 6.33. The Bertz CT molecular complexity index is 1090. The van der Waals surface area contributed by atoms with Crippen LogP contribution in [0.3, 0.4) is 0 Å². The highest BCUT2D eigenvalue weighted by Crippen LogP contribution is 2.52. The first kappa shape index (κ1) is 17.9. The summed E-state index contributed by atoms with van der Waals surface area (Å²) in [4.78, 5) is 36.3. The third-order valence-electron chi connectivity index (χ3n) is 5.86. The number of allylic oxidation sites excluding steroid dienone is 2. The minimum atomic E-state index is -1.11. The summed E-state index contributed by atoms with van der Waals surface area (Å²) in [6.07, 6.45) is 6.27. The van der Waals surface area contributed by atoms with Gasteiger partial charge in [-0.1, -0.05) is 29.8 Å². The number of imide groups is 1. The van der Waals surface area contributed by atoms with Crippen molar-refractivity contribution < 1.29 is 23.9 Å². The van der Waals surface area contributed by atoms with Gasteiger partial charge in [0.15, 0.2) is 0 Å². The molecule has 4 atom stereocenters. The van der Waals surface area contributed by atoms with Crippen LogP contribution < -0.4 is 0 Å². The zero-order chi connectivity index (χ0) is 20.3. The number of furan rings is 1. The number of carbonyl (C=O) groups is 3. The largest absolute Gasteiger partial charge is 0.478 e. The Hall–Kier alpha value is -3.19. The molecule has 1 saturated heterocycles. The lowest BCUT2D eigenvalue weighted by atomic mass is 9.85. The van der Waals surface area contributed by atoms with Crippen LogP contribution in [0, 0.1) is 23.7 Å². The highest BCUT2D eigenvalue weighted by Gasteiger charge is 2.59. The van der Waals surface area contributed by atoms with Crippen molar-refractivity contribution >= 4 is 35.6 Å². The summed E-state index contributed by atoms with van der Waals surface area (Å²) >= 11 is 6.00. The van der Waals surface area contributed by atoms with Gasteiger partial charge in [0.2, 0.25) is 0 Å². The second-order valence-electron chi connectivity index (χ2n) is 7.43. The monoisotopic (exact) mass is 410 g/mol. The van der Waals surface area contributed by atoms with E-state index in [1.165, 1.54) is 18.3 Å². The van der Waals surface area contributed by atoms with Crippen LogP contribution in [-0.2, 0) is 9.59 Å². The van der Waals surface area contributed by atoms with Crippen LogP contribution in [0.25, 0.3) is 11.3 Å². The number of halogens is 1. The molecule has 8 heteroatoms. The van der Waals surface area contributed by atoms with E-state index in [-0.39, 0.29) is 46.1 Å². The van der Waals surface area contributed by atoms with Gasteiger partial charge >= 0.3 is 5.97 Å². The van der Waals surface area contributed by atoms with Crippen molar-refractivity contribution in [2.24, 2.45) is 28.8 Å². The van der Waals surface area contributed by atoms with E-state index < -0.39 is 5.97 Å². The standard InChI is InChI=1S/C21H15ClN2O5/c22-15-8-10(3-5-14(15)21(27)28)16-6-4-13(29-16)9-23-24-19(25)17-11-1-2-12(7-11)18(17)20(24)26/h1-6,8-9,11-12,17-18H,7H2,(H,27,28)/b23-9-/t11-,12-,17-,18+/m0/s1. The first-order chi connectivity index (χ1) is 13.9. The number of carboxylic acids is 1. The van der Waals surface area contributed by atoms with Gasteiger partial charge in [0.1, 0.15) is 11.5 Å². The van der Waals surface area contributed by atoms with Gasteiger partial charge in [0, 0.05) is 5.56 Å². The van der Waals surface area contributed by atoms with Crippen molar-refractivity contribution in [3.8, 4) is 11.3 Å². The Kier molecular flexibility index (Phi) is 3.96. The number of amides is 2. The predicted molar refractivity (Wildman–Crippen MR) is 103 cm³/mol. The number of aromatic carboxylic acids is 1. The molecule has 0 radical (unpaired) electrons. The van der Waals surface area contributed by atoms with Crippen molar-refractivity contribution in [2.45, 2.75) is 6.42 Å². The molecule has 2 amide bonds. The molecule has 29 heavy (non-hydrogen) atoms. The topological polar surface area (TPSA) is 100 Å². The average Bonchev–Trinajstić information content (AvgIpc) is 3.45. The van der Waals surface area contributed by atoms with Gasteiger partial charge in [-0.2, -0.15) is 10.1 Å². The molecule has 0 spiro atoms. The zero-order valence-corrected chi connectivity index (χ0v) is 15.7. The number of hydrazone groups is 1. The lowest BCUT2D eigenvalue weighted by molar-refractivity contribution is -0.140. The second kappa shape index (κ2) is 6.42. The quantitative estimate of drug-likeness (QED) is 0.472. The van der Waals surface area contributed by atoms with E-state index in [4.69, 9.17) is 21.1 Å². The Morgan fingerprint density at radius 3 is 2.45 bits per heavy atom. The number of carboxylic acid groups (broad SMARTS) is 1. The molecule has 2 fully saturated rings. The Morgan fingerprint density at radius 2 is 1.83 bits per heavy atom. The van der Waals surface area contributed by atoms with Gasteiger partial charge < -0.3 is 9.52 Å². The molecular formula is C21H15ClN2O5. The van der Waals surface area contributed by atoms with E-state index in [2.05, 4.69) is 5.10 Å². The molecule has 2 aromatic rings. The Labute approximate surface area is 170 Å². The molecular weight excluding hydrogens is 396 g/mol.